The Morgan fingerprint density at radius 2 is 1.81 bits per heavy atom. The first kappa shape index (κ1) is 17.9. The molecule has 0 amide bonds. The molecule has 0 atom stereocenters. The third kappa shape index (κ3) is 3.13. The number of furan rings is 1. The van der Waals surface area contributed by atoms with E-state index >= 15 is 0 Å². The van der Waals surface area contributed by atoms with Gasteiger partial charge in [-0.05, 0) is 55.7 Å². The summed E-state index contributed by atoms with van der Waals surface area (Å²) in [6.07, 6.45) is 0. The van der Waals surface area contributed by atoms with Crippen LogP contribution in [0.15, 0.2) is 40.8 Å². The lowest BCUT2D eigenvalue weighted by molar-refractivity contribution is 0.101. The number of ketones is 1. The lowest BCUT2D eigenvalue weighted by Gasteiger charge is -2.11. The topological polar surface area (TPSA) is 82.2 Å². The molecule has 1 aromatic heterocycles. The van der Waals surface area contributed by atoms with Crippen LogP contribution in [-0.4, -0.2) is 5.78 Å². The van der Waals surface area contributed by atoms with Crippen molar-refractivity contribution in [2.45, 2.75) is 27.3 Å². The van der Waals surface area contributed by atoms with Crippen LogP contribution in [0.1, 0.15) is 34.2 Å². The summed E-state index contributed by atoms with van der Waals surface area (Å²) < 4.78 is 20.1. The highest BCUT2D eigenvalue weighted by Crippen LogP contribution is 2.34. The molecule has 3 rings (SSSR count). The highest BCUT2D eigenvalue weighted by molar-refractivity contribution is 6.00. The lowest BCUT2D eigenvalue weighted by atomic mass is 9.95. The van der Waals surface area contributed by atoms with Crippen molar-refractivity contribution in [2.24, 2.45) is 5.73 Å². The number of halogens is 1. The van der Waals surface area contributed by atoms with Gasteiger partial charge in [0.1, 0.15) is 17.3 Å². The normalized spacial score (nSPS) is 11.0. The molecule has 0 saturated carbocycles. The van der Waals surface area contributed by atoms with Crippen LogP contribution in [0.4, 0.5) is 10.1 Å². The molecule has 4 N–H and O–H groups in total. The Hall–Kier alpha value is -2.92. The third-order valence-electron chi connectivity index (χ3n) is 4.50. The molecule has 1 heterocycles. The van der Waals surface area contributed by atoms with E-state index in [0.717, 1.165) is 22.3 Å². The minimum Gasteiger partial charge on any atom is -0.459 e. The maximum atomic E-state index is 14.3. The summed E-state index contributed by atoms with van der Waals surface area (Å²) in [6.45, 7) is 5.45. The van der Waals surface area contributed by atoms with E-state index < -0.39 is 0 Å². The average Bonchev–Trinajstić information content (AvgIpc) is 3.02. The van der Waals surface area contributed by atoms with Crippen LogP contribution < -0.4 is 11.5 Å². The van der Waals surface area contributed by atoms with Crippen LogP contribution in [0.3, 0.4) is 0 Å². The van der Waals surface area contributed by atoms with Crippen LogP contribution in [0, 0.1) is 19.7 Å². The summed E-state index contributed by atoms with van der Waals surface area (Å²) in [5, 5.41) is 0. The minimum absolute atomic E-state index is 0.0906. The van der Waals surface area contributed by atoms with Crippen molar-refractivity contribution in [3.05, 3.63) is 64.7 Å². The number of rotatable bonds is 4. The first-order valence-corrected chi connectivity index (χ1v) is 8.32. The van der Waals surface area contributed by atoms with Crippen LogP contribution in [0.25, 0.3) is 22.5 Å². The fourth-order valence-corrected chi connectivity index (χ4v) is 3.01. The van der Waals surface area contributed by atoms with Crippen molar-refractivity contribution in [3.63, 3.8) is 0 Å². The molecule has 0 aliphatic carbocycles. The Balaban J connectivity index is 2.11. The number of nitrogens with two attached hydrogens (primary N) is 2. The number of benzene rings is 2. The van der Waals surface area contributed by atoms with Gasteiger partial charge in [0.05, 0.1) is 12.1 Å². The molecule has 0 fully saturated rings. The molecule has 134 valence electrons. The Morgan fingerprint density at radius 1 is 1.08 bits per heavy atom. The fourth-order valence-electron chi connectivity index (χ4n) is 3.01. The second-order valence-electron chi connectivity index (χ2n) is 6.43. The Bertz CT molecular complexity index is 1010. The van der Waals surface area contributed by atoms with Crippen molar-refractivity contribution in [1.82, 2.24) is 0 Å². The summed E-state index contributed by atoms with van der Waals surface area (Å²) in [4.78, 5) is 11.9. The molecule has 5 heteroatoms. The van der Waals surface area contributed by atoms with E-state index in [0.29, 0.717) is 28.3 Å². The molecule has 2 aromatic carbocycles. The van der Waals surface area contributed by atoms with E-state index in [1.807, 2.05) is 32.0 Å². The summed E-state index contributed by atoms with van der Waals surface area (Å²) in [5.41, 5.74) is 16.0. The highest BCUT2D eigenvalue weighted by Gasteiger charge is 2.18. The van der Waals surface area contributed by atoms with Crippen molar-refractivity contribution in [3.8, 4) is 22.5 Å². The van der Waals surface area contributed by atoms with Crippen LogP contribution >= 0.6 is 0 Å². The SMILES string of the molecule is CC(=O)c1cc(CN)oc1-c1ccc(-c2cc(C)c(N)cc2F)cc1C. The first-order chi connectivity index (χ1) is 12.3. The van der Waals surface area contributed by atoms with E-state index in [4.69, 9.17) is 15.9 Å². The van der Waals surface area contributed by atoms with E-state index in [9.17, 15) is 9.18 Å². The average molecular weight is 352 g/mol. The number of anilines is 1. The smallest absolute Gasteiger partial charge is 0.163 e. The summed E-state index contributed by atoms with van der Waals surface area (Å²) >= 11 is 0. The molecule has 0 saturated heterocycles. The minimum atomic E-state index is -0.368. The molecule has 0 unspecified atom stereocenters. The molecule has 3 aromatic rings. The molecule has 0 aliphatic heterocycles. The molecular weight excluding hydrogens is 331 g/mol. The molecular formula is C21H21FN2O2. The van der Waals surface area contributed by atoms with Gasteiger partial charge in [0, 0.05) is 16.8 Å². The van der Waals surface area contributed by atoms with Gasteiger partial charge in [0.15, 0.2) is 5.78 Å². The van der Waals surface area contributed by atoms with E-state index in [-0.39, 0.29) is 18.1 Å². The maximum absolute atomic E-state index is 14.3. The second kappa shape index (κ2) is 6.77. The molecule has 0 bridgehead atoms. The third-order valence-corrected chi connectivity index (χ3v) is 4.50. The maximum Gasteiger partial charge on any atom is 0.163 e. The van der Waals surface area contributed by atoms with Crippen LogP contribution in [-0.2, 0) is 6.54 Å². The van der Waals surface area contributed by atoms with Gasteiger partial charge in [0.2, 0.25) is 0 Å². The molecule has 4 nitrogen and oxygen atoms in total. The zero-order chi connectivity index (χ0) is 19.0. The zero-order valence-corrected chi connectivity index (χ0v) is 15.0. The molecule has 0 radical (unpaired) electrons. The summed E-state index contributed by atoms with van der Waals surface area (Å²) in [6, 6.07) is 10.3. The van der Waals surface area contributed by atoms with Gasteiger partial charge in [0.25, 0.3) is 0 Å². The second-order valence-corrected chi connectivity index (χ2v) is 6.43. The number of hydrogen-bond acceptors (Lipinski definition) is 4. The number of Topliss-reactive ketones (excluding diaryl/α,β-unsaturated/α-hetero) is 1. The number of carbonyl (C=O) groups excluding carboxylic acids is 1. The van der Waals surface area contributed by atoms with Crippen molar-refractivity contribution < 1.29 is 13.6 Å². The summed E-state index contributed by atoms with van der Waals surface area (Å²) in [7, 11) is 0. The zero-order valence-electron chi connectivity index (χ0n) is 15.0. The number of hydrogen-bond donors (Lipinski definition) is 2. The van der Waals surface area contributed by atoms with Gasteiger partial charge in [-0.3, -0.25) is 4.79 Å². The number of carbonyl (C=O) groups is 1. The van der Waals surface area contributed by atoms with Gasteiger partial charge >= 0.3 is 0 Å². The van der Waals surface area contributed by atoms with Gasteiger partial charge in [-0.2, -0.15) is 0 Å². The van der Waals surface area contributed by atoms with Crippen LogP contribution in [0.5, 0.6) is 0 Å². The molecule has 0 spiro atoms. The predicted molar refractivity (Wildman–Crippen MR) is 101 cm³/mol. The molecule has 26 heavy (non-hydrogen) atoms. The highest BCUT2D eigenvalue weighted by atomic mass is 19.1. The Labute approximate surface area is 151 Å². The number of nitrogen functional groups attached to an aromatic ring is 1. The van der Waals surface area contributed by atoms with Gasteiger partial charge in [-0.25, -0.2) is 4.39 Å². The van der Waals surface area contributed by atoms with Crippen molar-refractivity contribution >= 4 is 11.5 Å². The van der Waals surface area contributed by atoms with E-state index in [2.05, 4.69) is 0 Å². The van der Waals surface area contributed by atoms with E-state index in [1.165, 1.54) is 13.0 Å². The Morgan fingerprint density at radius 3 is 2.42 bits per heavy atom. The van der Waals surface area contributed by atoms with Crippen LogP contribution in [0.2, 0.25) is 0 Å². The quantitative estimate of drug-likeness (QED) is 0.530. The lowest BCUT2D eigenvalue weighted by Crippen LogP contribution is -1.96. The predicted octanol–water partition coefficient (Wildman–Crippen LogP) is 4.61. The first-order valence-electron chi connectivity index (χ1n) is 8.32. The fraction of sp³-hybridized carbons (Fsp3) is 0.190. The standard InChI is InChI=1S/C21H21FN2O2/c1-11-6-14(18-7-12(2)20(24)9-19(18)22)4-5-16(11)21-17(13(3)25)8-15(10-23)26-21/h4-9H,10,23-24H2,1-3H3. The van der Waals surface area contributed by atoms with Gasteiger partial charge in [-0.15, -0.1) is 0 Å². The van der Waals surface area contributed by atoms with E-state index in [1.54, 1.807) is 12.1 Å². The summed E-state index contributed by atoms with van der Waals surface area (Å²) in [5.74, 6) is 0.588. The van der Waals surface area contributed by atoms with Crippen molar-refractivity contribution in [2.75, 3.05) is 5.73 Å². The van der Waals surface area contributed by atoms with Crippen molar-refractivity contribution in [1.29, 1.82) is 0 Å². The molecule has 0 aliphatic rings. The number of aryl methyl sites for hydroxylation is 2. The van der Waals surface area contributed by atoms with Gasteiger partial charge < -0.3 is 15.9 Å². The Kier molecular flexibility index (Phi) is 4.66. The monoisotopic (exact) mass is 352 g/mol. The van der Waals surface area contributed by atoms with Gasteiger partial charge in [-0.1, -0.05) is 18.2 Å². The largest absolute Gasteiger partial charge is 0.459 e.